The van der Waals surface area contributed by atoms with Crippen molar-refractivity contribution in [2.75, 3.05) is 4.72 Å². The van der Waals surface area contributed by atoms with Crippen LogP contribution in [-0.4, -0.2) is 19.5 Å². The molecule has 0 heterocycles. The van der Waals surface area contributed by atoms with Gasteiger partial charge in [-0.3, -0.25) is 4.72 Å². The standard InChI is InChI=1S/C16H14ClNO4S/c1-11-7-8-13(17)14(16(19)20)15(11)18-23(21,22)10-9-12-5-3-2-4-6-12/h2-10,18H,1H3,(H,19,20). The average Bonchev–Trinajstić information content (AvgIpc) is 2.49. The number of halogens is 1. The number of anilines is 1. The molecule has 2 rings (SSSR count). The van der Waals surface area contributed by atoms with Gasteiger partial charge in [-0.2, -0.15) is 0 Å². The number of carbonyl (C=O) groups is 1. The van der Waals surface area contributed by atoms with E-state index in [0.717, 1.165) is 5.41 Å². The maximum atomic E-state index is 12.2. The van der Waals surface area contributed by atoms with Crippen LogP contribution in [0.3, 0.4) is 0 Å². The summed E-state index contributed by atoms with van der Waals surface area (Å²) in [6, 6.07) is 11.8. The van der Waals surface area contributed by atoms with Crippen molar-refractivity contribution in [3.05, 3.63) is 69.6 Å². The quantitative estimate of drug-likeness (QED) is 0.859. The summed E-state index contributed by atoms with van der Waals surface area (Å²) in [6.07, 6.45) is 1.42. The number of rotatable bonds is 5. The SMILES string of the molecule is Cc1ccc(Cl)c(C(=O)O)c1NS(=O)(=O)C=Cc1ccccc1. The monoisotopic (exact) mass is 351 g/mol. The topological polar surface area (TPSA) is 83.5 Å². The second-order valence-corrected chi connectivity index (χ2v) is 6.75. The molecule has 23 heavy (non-hydrogen) atoms. The Morgan fingerprint density at radius 1 is 1.17 bits per heavy atom. The minimum atomic E-state index is -3.88. The molecule has 0 fully saturated rings. The van der Waals surface area contributed by atoms with E-state index in [1.807, 2.05) is 6.07 Å². The highest BCUT2D eigenvalue weighted by molar-refractivity contribution is 7.95. The lowest BCUT2D eigenvalue weighted by atomic mass is 10.1. The first kappa shape index (κ1) is 17.1. The first-order valence-electron chi connectivity index (χ1n) is 6.58. The largest absolute Gasteiger partial charge is 0.478 e. The Hall–Kier alpha value is -2.31. The van der Waals surface area contributed by atoms with Crippen LogP contribution in [-0.2, 0) is 10.0 Å². The van der Waals surface area contributed by atoms with Crippen molar-refractivity contribution in [2.45, 2.75) is 6.92 Å². The van der Waals surface area contributed by atoms with Crippen LogP contribution < -0.4 is 4.72 Å². The number of aromatic carboxylic acids is 1. The predicted octanol–water partition coefficient (Wildman–Crippen LogP) is 3.76. The molecule has 0 saturated heterocycles. The number of sulfonamides is 1. The van der Waals surface area contributed by atoms with Gasteiger partial charge < -0.3 is 5.11 Å². The van der Waals surface area contributed by atoms with E-state index >= 15 is 0 Å². The summed E-state index contributed by atoms with van der Waals surface area (Å²) in [7, 11) is -3.88. The van der Waals surface area contributed by atoms with Gasteiger partial charge in [-0.25, -0.2) is 13.2 Å². The molecule has 0 aliphatic rings. The van der Waals surface area contributed by atoms with Gasteiger partial charge >= 0.3 is 5.97 Å². The van der Waals surface area contributed by atoms with Crippen molar-refractivity contribution in [1.82, 2.24) is 0 Å². The summed E-state index contributed by atoms with van der Waals surface area (Å²) < 4.78 is 26.6. The van der Waals surface area contributed by atoms with Gasteiger partial charge in [0.25, 0.3) is 10.0 Å². The highest BCUT2D eigenvalue weighted by Crippen LogP contribution is 2.29. The van der Waals surface area contributed by atoms with Gasteiger partial charge in [0.2, 0.25) is 0 Å². The molecule has 0 saturated carbocycles. The second-order valence-electron chi connectivity index (χ2n) is 4.78. The first-order valence-corrected chi connectivity index (χ1v) is 8.51. The van der Waals surface area contributed by atoms with Crippen molar-refractivity contribution in [3.8, 4) is 0 Å². The van der Waals surface area contributed by atoms with E-state index in [4.69, 9.17) is 11.6 Å². The molecule has 0 bridgehead atoms. The molecule has 120 valence electrons. The molecular weight excluding hydrogens is 338 g/mol. The predicted molar refractivity (Wildman–Crippen MR) is 91.2 cm³/mol. The maximum Gasteiger partial charge on any atom is 0.339 e. The maximum absolute atomic E-state index is 12.2. The fraction of sp³-hybridized carbons (Fsp3) is 0.0625. The fourth-order valence-corrected chi connectivity index (χ4v) is 3.12. The summed E-state index contributed by atoms with van der Waals surface area (Å²) in [5, 5.41) is 10.2. The Balaban J connectivity index is 2.37. The van der Waals surface area contributed by atoms with Crippen LogP contribution in [0, 0.1) is 6.92 Å². The lowest BCUT2D eigenvalue weighted by Crippen LogP contribution is -2.14. The van der Waals surface area contributed by atoms with Crippen LogP contribution in [0.25, 0.3) is 6.08 Å². The number of hydrogen-bond acceptors (Lipinski definition) is 3. The Morgan fingerprint density at radius 2 is 1.83 bits per heavy atom. The van der Waals surface area contributed by atoms with E-state index < -0.39 is 16.0 Å². The third-order valence-electron chi connectivity index (χ3n) is 3.06. The van der Waals surface area contributed by atoms with Gasteiger partial charge in [-0.15, -0.1) is 0 Å². The third kappa shape index (κ3) is 4.34. The number of nitrogens with one attached hydrogen (secondary N) is 1. The normalized spacial score (nSPS) is 11.6. The van der Waals surface area contributed by atoms with Crippen molar-refractivity contribution < 1.29 is 18.3 Å². The average molecular weight is 352 g/mol. The van der Waals surface area contributed by atoms with Gasteiger partial charge in [-0.1, -0.05) is 48.0 Å². The van der Waals surface area contributed by atoms with Crippen LogP contribution in [0.2, 0.25) is 5.02 Å². The van der Waals surface area contributed by atoms with Crippen LogP contribution in [0.4, 0.5) is 5.69 Å². The Morgan fingerprint density at radius 3 is 2.43 bits per heavy atom. The van der Waals surface area contributed by atoms with E-state index in [9.17, 15) is 18.3 Å². The zero-order valence-electron chi connectivity index (χ0n) is 12.2. The number of carboxylic acids is 1. The summed E-state index contributed by atoms with van der Waals surface area (Å²) in [5.74, 6) is -1.30. The van der Waals surface area contributed by atoms with E-state index in [0.29, 0.717) is 11.1 Å². The molecular formula is C16H14ClNO4S. The summed E-state index contributed by atoms with van der Waals surface area (Å²) in [6.45, 7) is 1.60. The number of hydrogen-bond donors (Lipinski definition) is 2. The van der Waals surface area contributed by atoms with Gasteiger partial charge in [0, 0.05) is 0 Å². The molecule has 0 aliphatic carbocycles. The van der Waals surface area contributed by atoms with E-state index in [1.165, 1.54) is 12.1 Å². The molecule has 0 aromatic heterocycles. The smallest absolute Gasteiger partial charge is 0.339 e. The van der Waals surface area contributed by atoms with E-state index in [-0.39, 0.29) is 16.3 Å². The molecule has 2 aromatic rings. The van der Waals surface area contributed by atoms with Gasteiger partial charge in [0.1, 0.15) is 5.56 Å². The summed E-state index contributed by atoms with van der Waals surface area (Å²) >= 11 is 5.86. The molecule has 7 heteroatoms. The Kier molecular flexibility index (Phi) is 5.08. The van der Waals surface area contributed by atoms with Gasteiger partial charge in [-0.05, 0) is 30.2 Å². The molecule has 0 amide bonds. The highest BCUT2D eigenvalue weighted by Gasteiger charge is 2.20. The van der Waals surface area contributed by atoms with Gasteiger partial charge in [0.15, 0.2) is 0 Å². The van der Waals surface area contributed by atoms with Crippen molar-refractivity contribution in [1.29, 1.82) is 0 Å². The molecule has 0 radical (unpaired) electrons. The Labute approximate surface area is 139 Å². The summed E-state index contributed by atoms with van der Waals surface area (Å²) in [5.41, 5.74) is 0.855. The fourth-order valence-electron chi connectivity index (χ4n) is 1.93. The molecule has 0 atom stereocenters. The van der Waals surface area contributed by atoms with E-state index in [1.54, 1.807) is 37.3 Å². The lowest BCUT2D eigenvalue weighted by molar-refractivity contribution is 0.0698. The van der Waals surface area contributed by atoms with Gasteiger partial charge in [0.05, 0.1) is 16.1 Å². The number of aryl methyl sites for hydroxylation is 1. The first-order chi connectivity index (χ1) is 10.8. The third-order valence-corrected chi connectivity index (χ3v) is 4.36. The molecule has 2 N–H and O–H groups in total. The molecule has 0 spiro atoms. The Bertz CT molecular complexity index is 861. The zero-order valence-corrected chi connectivity index (χ0v) is 13.7. The lowest BCUT2D eigenvalue weighted by Gasteiger charge is -2.12. The van der Waals surface area contributed by atoms with Crippen LogP contribution in [0.15, 0.2) is 47.9 Å². The minimum Gasteiger partial charge on any atom is -0.478 e. The van der Waals surface area contributed by atoms with E-state index in [2.05, 4.69) is 4.72 Å². The molecule has 0 aliphatic heterocycles. The number of benzene rings is 2. The molecule has 2 aromatic carbocycles. The zero-order chi connectivity index (χ0) is 17.0. The second kappa shape index (κ2) is 6.85. The molecule has 0 unspecified atom stereocenters. The van der Waals surface area contributed by atoms with Crippen molar-refractivity contribution >= 4 is 39.4 Å². The van der Waals surface area contributed by atoms with Crippen molar-refractivity contribution in [3.63, 3.8) is 0 Å². The van der Waals surface area contributed by atoms with Crippen LogP contribution in [0.1, 0.15) is 21.5 Å². The summed E-state index contributed by atoms with van der Waals surface area (Å²) in [4.78, 5) is 11.3. The van der Waals surface area contributed by atoms with Crippen LogP contribution >= 0.6 is 11.6 Å². The minimum absolute atomic E-state index is 0.0344. The van der Waals surface area contributed by atoms with Crippen molar-refractivity contribution in [2.24, 2.45) is 0 Å². The van der Waals surface area contributed by atoms with Crippen LogP contribution in [0.5, 0.6) is 0 Å². The number of carboxylic acid groups (broad SMARTS) is 1. The molecule has 5 nitrogen and oxygen atoms in total. The highest BCUT2D eigenvalue weighted by atomic mass is 35.5.